The minimum absolute atomic E-state index is 0.0228. The van der Waals surface area contributed by atoms with Gasteiger partial charge in [0.05, 0.1) is 5.69 Å². The molecule has 0 saturated carbocycles. The Morgan fingerprint density at radius 2 is 1.59 bits per heavy atom. The van der Waals surface area contributed by atoms with Crippen LogP contribution in [0.25, 0.3) is 0 Å². The number of anilines is 1. The second-order valence-corrected chi connectivity index (χ2v) is 9.09. The lowest BCUT2D eigenvalue weighted by atomic mass is 10.1. The number of amides is 3. The Morgan fingerprint density at radius 3 is 2.32 bits per heavy atom. The monoisotopic (exact) mass is 462 g/mol. The first kappa shape index (κ1) is 22.4. The number of likely N-dealkylation sites (tertiary alicyclic amines) is 1. The van der Waals surface area contributed by atoms with E-state index < -0.39 is 0 Å². The summed E-state index contributed by atoms with van der Waals surface area (Å²) < 4.78 is 5.58. The molecule has 0 unspecified atom stereocenters. The van der Waals surface area contributed by atoms with Crippen molar-refractivity contribution in [1.82, 2.24) is 14.7 Å². The first-order valence-electron chi connectivity index (χ1n) is 12.0. The fourth-order valence-corrected chi connectivity index (χ4v) is 4.84. The molecule has 8 heteroatoms. The van der Waals surface area contributed by atoms with E-state index >= 15 is 0 Å². The molecule has 0 N–H and O–H groups in total. The molecule has 3 heterocycles. The number of piperazine rings is 1. The lowest BCUT2D eigenvalue weighted by Gasteiger charge is -2.35. The Balaban J connectivity index is 1.26. The van der Waals surface area contributed by atoms with E-state index in [0.29, 0.717) is 30.1 Å². The number of hydrogen-bond donors (Lipinski definition) is 0. The Kier molecular flexibility index (Phi) is 6.49. The van der Waals surface area contributed by atoms with Gasteiger partial charge in [0.1, 0.15) is 12.3 Å². The van der Waals surface area contributed by atoms with Gasteiger partial charge in [-0.05, 0) is 36.6 Å². The third kappa shape index (κ3) is 4.77. The molecular formula is C26H30N4O4. The fraction of sp³-hybridized carbons (Fsp3) is 0.423. The molecule has 3 amide bonds. The van der Waals surface area contributed by atoms with E-state index in [1.54, 1.807) is 23.1 Å². The van der Waals surface area contributed by atoms with Crippen LogP contribution in [0.4, 0.5) is 5.69 Å². The predicted molar refractivity (Wildman–Crippen MR) is 128 cm³/mol. The summed E-state index contributed by atoms with van der Waals surface area (Å²) in [4.78, 5) is 46.0. The van der Waals surface area contributed by atoms with Gasteiger partial charge in [-0.15, -0.1) is 0 Å². The number of carbonyl (C=O) groups excluding carboxylic acids is 3. The third-order valence-corrected chi connectivity index (χ3v) is 6.81. The maximum Gasteiger partial charge on any atom is 0.265 e. The molecule has 2 aromatic carbocycles. The highest BCUT2D eigenvalue weighted by Gasteiger charge is 2.31. The van der Waals surface area contributed by atoms with Crippen LogP contribution >= 0.6 is 0 Å². The minimum Gasteiger partial charge on any atom is -0.482 e. The highest BCUT2D eigenvalue weighted by molar-refractivity contribution is 6.04. The summed E-state index contributed by atoms with van der Waals surface area (Å²) in [5.74, 6) is 0.133. The molecule has 0 aromatic heterocycles. The predicted octanol–water partition coefficient (Wildman–Crippen LogP) is 1.99. The van der Waals surface area contributed by atoms with Crippen molar-refractivity contribution in [3.05, 3.63) is 59.7 Å². The van der Waals surface area contributed by atoms with Gasteiger partial charge < -0.3 is 14.5 Å². The lowest BCUT2D eigenvalue weighted by Crippen LogP contribution is -2.48. The summed E-state index contributed by atoms with van der Waals surface area (Å²) in [5, 5.41) is 0. The van der Waals surface area contributed by atoms with Gasteiger partial charge in [0, 0.05) is 51.4 Å². The Labute approximate surface area is 199 Å². The standard InChI is InChI=1S/C26H30N4O4/c31-24(28-10-4-5-11-28)18-30-22-16-21(8-9-23(22)34-19-25(30)32)26(33)29-14-12-27(13-15-29)17-20-6-2-1-3-7-20/h1-3,6-9,16H,4-5,10-15,17-19H2. The van der Waals surface area contributed by atoms with Gasteiger partial charge in [-0.2, -0.15) is 0 Å². The quantitative estimate of drug-likeness (QED) is 0.680. The molecule has 3 aliphatic rings. The fourth-order valence-electron chi connectivity index (χ4n) is 4.84. The first-order chi connectivity index (χ1) is 16.6. The van der Waals surface area contributed by atoms with E-state index in [-0.39, 0.29) is 30.9 Å². The van der Waals surface area contributed by atoms with Crippen LogP contribution in [-0.2, 0) is 16.1 Å². The molecule has 3 aliphatic heterocycles. The molecule has 2 fully saturated rings. The molecule has 0 aliphatic carbocycles. The van der Waals surface area contributed by atoms with Crippen LogP contribution in [0.2, 0.25) is 0 Å². The third-order valence-electron chi connectivity index (χ3n) is 6.81. The minimum atomic E-state index is -0.265. The van der Waals surface area contributed by atoms with Crippen LogP contribution in [0.1, 0.15) is 28.8 Å². The van der Waals surface area contributed by atoms with E-state index in [9.17, 15) is 14.4 Å². The van der Waals surface area contributed by atoms with Gasteiger partial charge in [-0.25, -0.2) is 0 Å². The number of carbonyl (C=O) groups is 3. The highest BCUT2D eigenvalue weighted by atomic mass is 16.5. The molecule has 0 atom stereocenters. The number of nitrogens with zero attached hydrogens (tertiary/aromatic N) is 4. The molecular weight excluding hydrogens is 432 g/mol. The highest BCUT2D eigenvalue weighted by Crippen LogP contribution is 2.33. The van der Waals surface area contributed by atoms with Gasteiger partial charge in [-0.3, -0.25) is 24.2 Å². The Morgan fingerprint density at radius 1 is 0.853 bits per heavy atom. The average Bonchev–Trinajstić information content (AvgIpc) is 3.41. The van der Waals surface area contributed by atoms with Crippen LogP contribution in [0, 0.1) is 0 Å². The van der Waals surface area contributed by atoms with E-state index in [1.165, 1.54) is 10.5 Å². The molecule has 2 aromatic rings. The van der Waals surface area contributed by atoms with Crippen LogP contribution < -0.4 is 9.64 Å². The summed E-state index contributed by atoms with van der Waals surface area (Å²) in [6, 6.07) is 15.5. The van der Waals surface area contributed by atoms with Crippen molar-refractivity contribution in [2.24, 2.45) is 0 Å². The average molecular weight is 463 g/mol. The SMILES string of the molecule is O=C(CN1C(=O)COc2ccc(C(=O)N3CCN(Cc4ccccc4)CC3)cc21)N1CCCC1. The number of fused-ring (bicyclic) bond motifs is 1. The van der Waals surface area contributed by atoms with Crippen molar-refractivity contribution < 1.29 is 19.1 Å². The van der Waals surface area contributed by atoms with Gasteiger partial charge >= 0.3 is 0 Å². The second-order valence-electron chi connectivity index (χ2n) is 9.09. The number of hydrogen-bond acceptors (Lipinski definition) is 5. The van der Waals surface area contributed by atoms with Crippen LogP contribution in [0.15, 0.2) is 48.5 Å². The summed E-state index contributed by atoms with van der Waals surface area (Å²) >= 11 is 0. The number of ether oxygens (including phenoxy) is 1. The first-order valence-corrected chi connectivity index (χ1v) is 12.0. The largest absolute Gasteiger partial charge is 0.482 e. The van der Waals surface area contributed by atoms with Crippen molar-refractivity contribution in [1.29, 1.82) is 0 Å². The van der Waals surface area contributed by atoms with Crippen LogP contribution in [-0.4, -0.2) is 84.8 Å². The van der Waals surface area contributed by atoms with Gasteiger partial charge in [0.2, 0.25) is 5.91 Å². The van der Waals surface area contributed by atoms with Crippen molar-refractivity contribution >= 4 is 23.4 Å². The molecule has 0 radical (unpaired) electrons. The van der Waals surface area contributed by atoms with Gasteiger partial charge in [0.15, 0.2) is 6.61 Å². The summed E-state index contributed by atoms with van der Waals surface area (Å²) in [6.07, 6.45) is 1.99. The molecule has 8 nitrogen and oxygen atoms in total. The normalized spacial score (nSPS) is 18.6. The topological polar surface area (TPSA) is 73.4 Å². The molecule has 5 rings (SSSR count). The summed E-state index contributed by atoms with van der Waals surface area (Å²) in [6.45, 7) is 5.14. The smallest absolute Gasteiger partial charge is 0.265 e. The lowest BCUT2D eigenvalue weighted by molar-refractivity contribution is -0.131. The molecule has 34 heavy (non-hydrogen) atoms. The van der Waals surface area contributed by atoms with Crippen molar-refractivity contribution in [2.75, 3.05) is 57.3 Å². The van der Waals surface area contributed by atoms with E-state index in [0.717, 1.165) is 45.6 Å². The summed E-state index contributed by atoms with van der Waals surface area (Å²) in [5.41, 5.74) is 2.27. The van der Waals surface area contributed by atoms with E-state index in [2.05, 4.69) is 17.0 Å². The zero-order valence-corrected chi connectivity index (χ0v) is 19.3. The van der Waals surface area contributed by atoms with Crippen molar-refractivity contribution in [3.8, 4) is 5.75 Å². The van der Waals surface area contributed by atoms with Crippen LogP contribution in [0.5, 0.6) is 5.75 Å². The molecule has 0 bridgehead atoms. The van der Waals surface area contributed by atoms with Crippen molar-refractivity contribution in [3.63, 3.8) is 0 Å². The molecule has 2 saturated heterocycles. The summed E-state index contributed by atoms with van der Waals surface area (Å²) in [7, 11) is 0. The van der Waals surface area contributed by atoms with E-state index in [1.807, 2.05) is 23.1 Å². The van der Waals surface area contributed by atoms with Gasteiger partial charge in [0.25, 0.3) is 11.8 Å². The molecule has 178 valence electrons. The maximum absolute atomic E-state index is 13.3. The zero-order chi connectivity index (χ0) is 23.5. The number of rotatable bonds is 5. The zero-order valence-electron chi connectivity index (χ0n) is 19.3. The molecule has 0 spiro atoms. The van der Waals surface area contributed by atoms with Crippen LogP contribution in [0.3, 0.4) is 0 Å². The maximum atomic E-state index is 13.3. The number of benzene rings is 2. The van der Waals surface area contributed by atoms with E-state index in [4.69, 9.17) is 4.74 Å². The Hall–Kier alpha value is -3.39. The second kappa shape index (κ2) is 9.85. The Bertz CT molecular complexity index is 1060. The van der Waals surface area contributed by atoms with Crippen molar-refractivity contribution in [2.45, 2.75) is 19.4 Å². The van der Waals surface area contributed by atoms with Gasteiger partial charge in [-0.1, -0.05) is 30.3 Å².